The van der Waals surface area contributed by atoms with Gasteiger partial charge in [0, 0.05) is 0 Å². The van der Waals surface area contributed by atoms with Crippen LogP contribution in [-0.2, 0) is 9.53 Å². The molecule has 0 saturated carbocycles. The summed E-state index contributed by atoms with van der Waals surface area (Å²) in [5, 5.41) is 0.174. The van der Waals surface area contributed by atoms with E-state index in [0.29, 0.717) is 5.76 Å². The van der Waals surface area contributed by atoms with E-state index in [0.717, 1.165) is 31.6 Å². The van der Waals surface area contributed by atoms with Crippen LogP contribution in [0.2, 0.25) is 0 Å². The van der Waals surface area contributed by atoms with Crippen LogP contribution in [0.15, 0.2) is 11.8 Å². The van der Waals surface area contributed by atoms with Gasteiger partial charge in [0.15, 0.2) is 5.76 Å². The third-order valence-corrected chi connectivity index (χ3v) is 4.03. The van der Waals surface area contributed by atoms with Gasteiger partial charge >= 0.3 is 0 Å². The smallest absolute Gasteiger partial charge is 0.209 e. The Hall–Kier alpha value is -0.440. The average Bonchev–Trinajstić information content (AvgIpc) is 2.30. The van der Waals surface area contributed by atoms with Crippen LogP contribution in [0, 0.1) is 0 Å². The van der Waals surface area contributed by atoms with E-state index in [1.807, 2.05) is 6.08 Å². The Bertz CT molecular complexity index is 242. The van der Waals surface area contributed by atoms with Crippen molar-refractivity contribution in [2.75, 3.05) is 12.4 Å². The molecule has 1 atom stereocenters. The number of rotatable bonds is 2. The average molecular weight is 212 g/mol. The monoisotopic (exact) mass is 212 g/mol. The van der Waals surface area contributed by atoms with Gasteiger partial charge in [-0.1, -0.05) is 6.42 Å². The summed E-state index contributed by atoms with van der Waals surface area (Å²) in [7, 11) is 0. The minimum Gasteiger partial charge on any atom is -0.490 e. The normalized spacial score (nSPS) is 27.7. The Labute approximate surface area is 89.1 Å². The molecular formula is C11H16O2S. The molecule has 0 spiro atoms. The number of thioether (sulfide) groups is 1. The molecule has 2 aliphatic heterocycles. The van der Waals surface area contributed by atoms with Gasteiger partial charge in [-0.15, -0.1) is 0 Å². The molecule has 2 rings (SSSR count). The molecule has 78 valence electrons. The lowest BCUT2D eigenvalue weighted by Gasteiger charge is -2.22. The molecule has 1 saturated heterocycles. The van der Waals surface area contributed by atoms with E-state index in [2.05, 4.69) is 0 Å². The van der Waals surface area contributed by atoms with Gasteiger partial charge in [-0.05, 0) is 37.5 Å². The van der Waals surface area contributed by atoms with Crippen molar-refractivity contribution >= 4 is 17.5 Å². The molecule has 2 aliphatic rings. The van der Waals surface area contributed by atoms with Crippen LogP contribution in [0.4, 0.5) is 0 Å². The summed E-state index contributed by atoms with van der Waals surface area (Å²) in [5.74, 6) is 1.99. The van der Waals surface area contributed by atoms with Crippen molar-refractivity contribution in [2.24, 2.45) is 0 Å². The second-order valence-electron chi connectivity index (χ2n) is 3.78. The lowest BCUT2D eigenvalue weighted by atomic mass is 10.1. The van der Waals surface area contributed by atoms with Crippen LogP contribution < -0.4 is 0 Å². The Balaban J connectivity index is 1.95. The summed E-state index contributed by atoms with van der Waals surface area (Å²) in [6, 6.07) is 0. The lowest BCUT2D eigenvalue weighted by molar-refractivity contribution is -0.118. The first kappa shape index (κ1) is 10.1. The van der Waals surface area contributed by atoms with Gasteiger partial charge in [-0.2, -0.15) is 11.8 Å². The highest BCUT2D eigenvalue weighted by Gasteiger charge is 2.26. The molecule has 2 heterocycles. The third-order valence-electron chi connectivity index (χ3n) is 2.65. The number of Topliss-reactive ketones (excluding diaryl/α,β-unsaturated/α-hetero) is 1. The van der Waals surface area contributed by atoms with Gasteiger partial charge in [0.1, 0.15) is 0 Å². The van der Waals surface area contributed by atoms with Gasteiger partial charge in [0.25, 0.3) is 0 Å². The second kappa shape index (κ2) is 4.87. The summed E-state index contributed by atoms with van der Waals surface area (Å²) in [4.78, 5) is 11.9. The van der Waals surface area contributed by atoms with E-state index in [1.165, 1.54) is 12.8 Å². The van der Waals surface area contributed by atoms with Gasteiger partial charge in [-0.25, -0.2) is 0 Å². The Morgan fingerprint density at radius 2 is 2.36 bits per heavy atom. The molecule has 0 radical (unpaired) electrons. The van der Waals surface area contributed by atoms with E-state index in [-0.39, 0.29) is 11.0 Å². The quantitative estimate of drug-likeness (QED) is 0.703. The van der Waals surface area contributed by atoms with E-state index in [1.54, 1.807) is 11.8 Å². The van der Waals surface area contributed by atoms with Crippen molar-refractivity contribution in [1.82, 2.24) is 0 Å². The number of allylic oxidation sites excluding steroid dienone is 2. The summed E-state index contributed by atoms with van der Waals surface area (Å²) >= 11 is 1.79. The van der Waals surface area contributed by atoms with E-state index in [9.17, 15) is 4.79 Å². The Morgan fingerprint density at radius 1 is 1.43 bits per heavy atom. The molecule has 0 aromatic rings. The summed E-state index contributed by atoms with van der Waals surface area (Å²) < 4.78 is 5.39. The van der Waals surface area contributed by atoms with Crippen molar-refractivity contribution in [1.29, 1.82) is 0 Å². The predicted molar refractivity (Wildman–Crippen MR) is 58.4 cm³/mol. The Morgan fingerprint density at radius 3 is 3.00 bits per heavy atom. The van der Waals surface area contributed by atoms with Crippen LogP contribution in [0.3, 0.4) is 0 Å². The van der Waals surface area contributed by atoms with Gasteiger partial charge < -0.3 is 4.74 Å². The van der Waals surface area contributed by atoms with Crippen LogP contribution in [0.5, 0.6) is 0 Å². The van der Waals surface area contributed by atoms with Crippen molar-refractivity contribution in [3.63, 3.8) is 0 Å². The number of ether oxygens (including phenoxy) is 1. The first-order chi connectivity index (χ1) is 6.88. The van der Waals surface area contributed by atoms with E-state index < -0.39 is 0 Å². The van der Waals surface area contributed by atoms with Crippen LogP contribution in [0.25, 0.3) is 0 Å². The van der Waals surface area contributed by atoms with Gasteiger partial charge in [0.05, 0.1) is 11.9 Å². The molecule has 1 unspecified atom stereocenters. The van der Waals surface area contributed by atoms with E-state index in [4.69, 9.17) is 4.74 Å². The molecule has 0 bridgehead atoms. The lowest BCUT2D eigenvalue weighted by Crippen LogP contribution is -2.24. The van der Waals surface area contributed by atoms with Crippen molar-refractivity contribution in [3.05, 3.63) is 11.8 Å². The fourth-order valence-corrected chi connectivity index (χ4v) is 3.09. The zero-order valence-electron chi connectivity index (χ0n) is 8.33. The number of hydrogen-bond donors (Lipinski definition) is 0. The molecule has 0 N–H and O–H groups in total. The molecule has 1 fully saturated rings. The van der Waals surface area contributed by atoms with E-state index >= 15 is 0 Å². The second-order valence-corrected chi connectivity index (χ2v) is 5.09. The highest BCUT2D eigenvalue weighted by molar-refractivity contribution is 8.00. The summed E-state index contributed by atoms with van der Waals surface area (Å²) in [5.41, 5.74) is 0. The molecule has 0 amide bonds. The third kappa shape index (κ3) is 2.32. The summed E-state index contributed by atoms with van der Waals surface area (Å²) in [6.45, 7) is 0.717. The molecule has 14 heavy (non-hydrogen) atoms. The zero-order valence-corrected chi connectivity index (χ0v) is 9.15. The van der Waals surface area contributed by atoms with Crippen molar-refractivity contribution in [2.45, 2.75) is 37.4 Å². The minimum atomic E-state index is 0.174. The maximum absolute atomic E-state index is 11.9. The predicted octanol–water partition coefficient (Wildman–Crippen LogP) is 2.54. The first-order valence-electron chi connectivity index (χ1n) is 5.37. The summed E-state index contributed by atoms with van der Waals surface area (Å²) in [6.07, 6.45) is 7.49. The number of ketones is 1. The zero-order chi connectivity index (χ0) is 9.80. The highest BCUT2D eigenvalue weighted by atomic mass is 32.2. The minimum absolute atomic E-state index is 0.174. The highest BCUT2D eigenvalue weighted by Crippen LogP contribution is 2.28. The van der Waals surface area contributed by atoms with Crippen molar-refractivity contribution < 1.29 is 9.53 Å². The molecule has 3 heteroatoms. The number of hydrogen-bond acceptors (Lipinski definition) is 3. The maximum Gasteiger partial charge on any atom is 0.209 e. The molecular weight excluding hydrogens is 196 g/mol. The molecule has 0 aromatic carbocycles. The number of carbonyl (C=O) groups excluding carboxylic acids is 1. The largest absolute Gasteiger partial charge is 0.490 e. The van der Waals surface area contributed by atoms with Gasteiger partial charge in [0.2, 0.25) is 5.78 Å². The topological polar surface area (TPSA) is 26.3 Å². The molecule has 2 nitrogen and oxygen atoms in total. The van der Waals surface area contributed by atoms with Crippen LogP contribution in [-0.4, -0.2) is 23.4 Å². The molecule has 0 aliphatic carbocycles. The fraction of sp³-hybridized carbons (Fsp3) is 0.727. The van der Waals surface area contributed by atoms with Crippen molar-refractivity contribution in [3.8, 4) is 0 Å². The fourth-order valence-electron chi connectivity index (χ4n) is 1.84. The van der Waals surface area contributed by atoms with Crippen LogP contribution in [0.1, 0.15) is 32.1 Å². The van der Waals surface area contributed by atoms with Gasteiger partial charge in [-0.3, -0.25) is 4.79 Å². The SMILES string of the molecule is O=C(C1=CCCCO1)C1CCCCS1. The first-order valence-corrected chi connectivity index (χ1v) is 6.41. The Kier molecular flexibility index (Phi) is 3.51. The molecule has 0 aromatic heterocycles. The standard InChI is InChI=1S/C11H16O2S/c12-11(9-5-1-3-7-13-9)10-6-2-4-8-14-10/h5,10H,1-4,6-8H2. The maximum atomic E-state index is 11.9. The number of carbonyl (C=O) groups is 1. The van der Waals surface area contributed by atoms with Crippen LogP contribution >= 0.6 is 11.8 Å².